The number of benzene rings is 1. The normalized spacial score (nSPS) is 11.0. The van der Waals surface area contributed by atoms with Crippen LogP contribution < -0.4 is 0 Å². The van der Waals surface area contributed by atoms with Gasteiger partial charge in [0.25, 0.3) is 0 Å². The van der Waals surface area contributed by atoms with Crippen LogP contribution in [0.4, 0.5) is 0 Å². The van der Waals surface area contributed by atoms with E-state index in [1.807, 2.05) is 16.8 Å². The largest absolute Gasteiger partial charge is 0.478 e. The first-order chi connectivity index (χ1) is 8.69. The van der Waals surface area contributed by atoms with Crippen LogP contribution in [-0.4, -0.2) is 27.4 Å². The third-order valence-corrected chi connectivity index (χ3v) is 3.08. The van der Waals surface area contributed by atoms with E-state index in [2.05, 4.69) is 6.92 Å². The molecule has 2 N–H and O–H groups in total. The van der Waals surface area contributed by atoms with E-state index in [0.29, 0.717) is 12.1 Å². The van der Waals surface area contributed by atoms with Crippen molar-refractivity contribution in [3.05, 3.63) is 35.5 Å². The van der Waals surface area contributed by atoms with Crippen molar-refractivity contribution in [3.8, 4) is 0 Å². The van der Waals surface area contributed by atoms with Crippen molar-refractivity contribution in [2.24, 2.45) is 0 Å². The van der Waals surface area contributed by atoms with Crippen LogP contribution in [0.3, 0.4) is 0 Å². The molecule has 0 aliphatic heterocycles. The van der Waals surface area contributed by atoms with Crippen LogP contribution in [0.2, 0.25) is 0 Å². The summed E-state index contributed by atoms with van der Waals surface area (Å²) in [6.45, 7) is 2.61. The van der Waals surface area contributed by atoms with Crippen molar-refractivity contribution >= 4 is 16.9 Å². The molecule has 0 bridgehead atoms. The van der Waals surface area contributed by atoms with Gasteiger partial charge in [0.1, 0.15) is 0 Å². The highest BCUT2D eigenvalue weighted by Crippen LogP contribution is 2.26. The van der Waals surface area contributed by atoms with Gasteiger partial charge >= 0.3 is 5.97 Å². The second-order valence-corrected chi connectivity index (χ2v) is 4.33. The standard InChI is InChI=1S/C14H17NO3/c1-2-4-10-9-15(7-8-16)12-6-3-5-11(13(10)12)14(17)18/h3,5-6,9,16H,2,4,7-8H2,1H3,(H,17,18). The summed E-state index contributed by atoms with van der Waals surface area (Å²) in [7, 11) is 0. The van der Waals surface area contributed by atoms with Gasteiger partial charge in [0.15, 0.2) is 0 Å². The molecule has 0 spiro atoms. The summed E-state index contributed by atoms with van der Waals surface area (Å²) in [5, 5.41) is 19.1. The van der Waals surface area contributed by atoms with Gasteiger partial charge in [-0.2, -0.15) is 0 Å². The molecule has 4 heteroatoms. The van der Waals surface area contributed by atoms with Crippen molar-refractivity contribution in [3.63, 3.8) is 0 Å². The summed E-state index contributed by atoms with van der Waals surface area (Å²) in [4.78, 5) is 11.3. The van der Waals surface area contributed by atoms with Gasteiger partial charge in [-0.15, -0.1) is 0 Å². The zero-order chi connectivity index (χ0) is 13.1. The number of hydrogen-bond donors (Lipinski definition) is 2. The minimum atomic E-state index is -0.903. The number of carbonyl (C=O) groups is 1. The van der Waals surface area contributed by atoms with Crippen LogP contribution in [-0.2, 0) is 13.0 Å². The highest BCUT2D eigenvalue weighted by molar-refractivity contribution is 6.04. The molecule has 4 nitrogen and oxygen atoms in total. The molecule has 2 aromatic rings. The van der Waals surface area contributed by atoms with Crippen LogP contribution in [0.5, 0.6) is 0 Å². The highest BCUT2D eigenvalue weighted by atomic mass is 16.4. The maximum atomic E-state index is 11.3. The van der Waals surface area contributed by atoms with Gasteiger partial charge in [0.05, 0.1) is 12.2 Å². The Morgan fingerprint density at radius 1 is 1.39 bits per heavy atom. The van der Waals surface area contributed by atoms with Gasteiger partial charge in [-0.05, 0) is 24.1 Å². The summed E-state index contributed by atoms with van der Waals surface area (Å²) in [6, 6.07) is 5.28. The quantitative estimate of drug-likeness (QED) is 0.852. The smallest absolute Gasteiger partial charge is 0.336 e. The van der Waals surface area contributed by atoms with E-state index in [1.165, 1.54) is 0 Å². The maximum absolute atomic E-state index is 11.3. The third-order valence-electron chi connectivity index (χ3n) is 3.08. The van der Waals surface area contributed by atoms with Gasteiger partial charge in [-0.1, -0.05) is 19.4 Å². The molecule has 0 unspecified atom stereocenters. The van der Waals surface area contributed by atoms with Crippen LogP contribution in [0.25, 0.3) is 10.9 Å². The second kappa shape index (κ2) is 5.23. The van der Waals surface area contributed by atoms with Crippen LogP contribution in [0.1, 0.15) is 29.3 Å². The number of rotatable bonds is 5. The predicted molar refractivity (Wildman–Crippen MR) is 70.0 cm³/mol. The molecule has 0 aliphatic carbocycles. The Balaban J connectivity index is 2.70. The Labute approximate surface area is 105 Å². The fourth-order valence-corrected chi connectivity index (χ4v) is 2.37. The number of carboxylic acids is 1. The zero-order valence-corrected chi connectivity index (χ0v) is 10.4. The number of aliphatic hydroxyl groups excluding tert-OH is 1. The predicted octanol–water partition coefficient (Wildman–Crippen LogP) is 2.28. The van der Waals surface area contributed by atoms with Gasteiger partial charge < -0.3 is 14.8 Å². The molecule has 0 radical (unpaired) electrons. The Morgan fingerprint density at radius 3 is 2.78 bits per heavy atom. The van der Waals surface area contributed by atoms with Gasteiger partial charge in [0, 0.05) is 23.6 Å². The zero-order valence-electron chi connectivity index (χ0n) is 10.4. The van der Waals surface area contributed by atoms with Crippen LogP contribution in [0, 0.1) is 0 Å². The number of aliphatic hydroxyl groups is 1. The molecule has 0 atom stereocenters. The number of carboxylic acid groups (broad SMARTS) is 1. The number of nitrogens with zero attached hydrogens (tertiary/aromatic N) is 1. The molecule has 1 aromatic carbocycles. The van der Waals surface area contributed by atoms with E-state index >= 15 is 0 Å². The van der Waals surface area contributed by atoms with E-state index in [0.717, 1.165) is 29.3 Å². The molecule has 0 saturated heterocycles. The number of aryl methyl sites for hydroxylation is 1. The first-order valence-corrected chi connectivity index (χ1v) is 6.14. The van der Waals surface area contributed by atoms with E-state index in [4.69, 9.17) is 5.11 Å². The van der Waals surface area contributed by atoms with Crippen molar-refractivity contribution < 1.29 is 15.0 Å². The molecular formula is C14H17NO3. The number of fused-ring (bicyclic) bond motifs is 1. The van der Waals surface area contributed by atoms with E-state index < -0.39 is 5.97 Å². The Hall–Kier alpha value is -1.81. The molecule has 18 heavy (non-hydrogen) atoms. The Bertz CT molecular complexity index is 572. The molecule has 1 aromatic heterocycles. The first-order valence-electron chi connectivity index (χ1n) is 6.14. The molecule has 1 heterocycles. The molecule has 2 rings (SSSR count). The van der Waals surface area contributed by atoms with Crippen molar-refractivity contribution in [1.82, 2.24) is 4.57 Å². The van der Waals surface area contributed by atoms with Crippen molar-refractivity contribution in [1.29, 1.82) is 0 Å². The van der Waals surface area contributed by atoms with Crippen LogP contribution >= 0.6 is 0 Å². The fraction of sp³-hybridized carbons (Fsp3) is 0.357. The van der Waals surface area contributed by atoms with E-state index in [1.54, 1.807) is 12.1 Å². The van der Waals surface area contributed by atoms with E-state index in [-0.39, 0.29) is 6.61 Å². The molecule has 0 fully saturated rings. The third kappa shape index (κ3) is 2.11. The average Bonchev–Trinajstić information content (AvgIpc) is 2.69. The lowest BCUT2D eigenvalue weighted by atomic mass is 10.0. The topological polar surface area (TPSA) is 62.5 Å². The number of aromatic carboxylic acids is 1. The lowest BCUT2D eigenvalue weighted by Crippen LogP contribution is -2.01. The SMILES string of the molecule is CCCc1cn(CCO)c2cccc(C(=O)O)c12. The lowest BCUT2D eigenvalue weighted by molar-refractivity contribution is 0.0699. The Morgan fingerprint density at radius 2 is 2.17 bits per heavy atom. The molecule has 96 valence electrons. The van der Waals surface area contributed by atoms with Gasteiger partial charge in [-0.3, -0.25) is 0 Å². The average molecular weight is 247 g/mol. The summed E-state index contributed by atoms with van der Waals surface area (Å²) >= 11 is 0. The second-order valence-electron chi connectivity index (χ2n) is 4.33. The van der Waals surface area contributed by atoms with Gasteiger partial charge in [0.2, 0.25) is 0 Å². The number of aromatic nitrogens is 1. The lowest BCUT2D eigenvalue weighted by Gasteiger charge is -2.03. The summed E-state index contributed by atoms with van der Waals surface area (Å²) in [5.41, 5.74) is 2.26. The van der Waals surface area contributed by atoms with Crippen molar-refractivity contribution in [2.75, 3.05) is 6.61 Å². The molecule has 0 saturated carbocycles. The number of hydrogen-bond acceptors (Lipinski definition) is 2. The minimum absolute atomic E-state index is 0.0483. The first kappa shape index (κ1) is 12.6. The summed E-state index contributed by atoms with van der Waals surface area (Å²) in [6.07, 6.45) is 3.77. The molecule has 0 amide bonds. The summed E-state index contributed by atoms with van der Waals surface area (Å²) in [5.74, 6) is -0.903. The van der Waals surface area contributed by atoms with E-state index in [9.17, 15) is 9.90 Å². The molecule has 0 aliphatic rings. The fourth-order valence-electron chi connectivity index (χ4n) is 2.37. The Kier molecular flexibility index (Phi) is 3.67. The summed E-state index contributed by atoms with van der Waals surface area (Å²) < 4.78 is 1.92. The highest BCUT2D eigenvalue weighted by Gasteiger charge is 2.15. The van der Waals surface area contributed by atoms with Crippen molar-refractivity contribution in [2.45, 2.75) is 26.3 Å². The monoisotopic (exact) mass is 247 g/mol. The minimum Gasteiger partial charge on any atom is -0.478 e. The van der Waals surface area contributed by atoms with Gasteiger partial charge in [-0.25, -0.2) is 4.79 Å². The van der Waals surface area contributed by atoms with Crippen LogP contribution in [0.15, 0.2) is 24.4 Å². The maximum Gasteiger partial charge on any atom is 0.336 e. The molecular weight excluding hydrogens is 230 g/mol.